The molecule has 376 valence electrons. The lowest BCUT2D eigenvalue weighted by Gasteiger charge is -2.68. The number of aliphatic hydroxyl groups excluding tert-OH is 4. The minimum atomic E-state index is -1.71. The van der Waals surface area contributed by atoms with E-state index >= 15 is 4.79 Å². The maximum atomic E-state index is 15.7. The van der Waals surface area contributed by atoms with E-state index in [-0.39, 0.29) is 61.8 Å². The highest BCUT2D eigenvalue weighted by atomic mass is 16.5. The normalized spacial score (nSPS) is 47.3. The van der Waals surface area contributed by atoms with Gasteiger partial charge in [-0.2, -0.15) is 0 Å². The molecule has 0 aromatic carbocycles. The first kappa shape index (κ1) is 49.8. The van der Waals surface area contributed by atoms with Crippen LogP contribution < -0.4 is 21.7 Å². The number of nitrogens with two attached hydrogens (primary N) is 1. The lowest BCUT2D eigenvalue weighted by molar-refractivity contribution is -0.257. The van der Waals surface area contributed by atoms with Crippen LogP contribution in [0.5, 0.6) is 0 Å². The SMILES string of the molecule is CCC[C@H]1CC[C@H]2[C@@H]3CCCC[C@](O)([C@](C)(O)[C@H]4CC[C@@]5(O)C6=C(NC[C@H](C)O)C(=O)[C@@H]7C[C@@H](O)[C@@H](O)C[C@@]78C[C@H](C7=C(CCCO)NC(N)C=C7)C=C[C@@](CNC)(C[C@]45C)[C@@H]68)[C@@H]3O[C@@H]2CC1. The van der Waals surface area contributed by atoms with Crippen LogP contribution in [0.2, 0.25) is 0 Å². The molecule has 5 saturated carbocycles. The van der Waals surface area contributed by atoms with E-state index in [1.165, 1.54) is 19.3 Å². The van der Waals surface area contributed by atoms with Gasteiger partial charge in [-0.3, -0.25) is 4.79 Å². The fourth-order valence-corrected chi connectivity index (χ4v) is 17.5. The molecule has 13 heteroatoms. The third-order valence-electron chi connectivity index (χ3n) is 20.2. The van der Waals surface area contributed by atoms with Crippen LogP contribution in [0, 0.1) is 57.7 Å². The molecule has 1 unspecified atom stereocenters. The number of Topliss-reactive ketones (excluding diaryl/α,β-unsaturated/α-hetero) is 1. The molecule has 13 nitrogen and oxygen atoms in total. The Morgan fingerprint density at radius 3 is 2.54 bits per heavy atom. The smallest absolute Gasteiger partial charge is 0.182 e. The number of fused-ring (bicyclic) bond motifs is 5. The minimum Gasteiger partial charge on any atom is -0.396 e. The van der Waals surface area contributed by atoms with E-state index < -0.39 is 81.4 Å². The van der Waals surface area contributed by atoms with E-state index in [4.69, 9.17) is 10.5 Å². The summed E-state index contributed by atoms with van der Waals surface area (Å²) in [7, 11) is 1.92. The summed E-state index contributed by atoms with van der Waals surface area (Å²) in [5, 5.41) is 96.1. The number of carbonyl (C=O) groups is 1. The van der Waals surface area contributed by atoms with Crippen molar-refractivity contribution in [2.75, 3.05) is 26.7 Å². The number of hydrogen-bond donors (Lipinski definition) is 11. The highest BCUT2D eigenvalue weighted by Gasteiger charge is 2.78. The summed E-state index contributed by atoms with van der Waals surface area (Å²) in [4.78, 5) is 15.7. The molecule has 2 heterocycles. The predicted octanol–water partition coefficient (Wildman–Crippen LogP) is 4.38. The van der Waals surface area contributed by atoms with Crippen LogP contribution in [0.4, 0.5) is 0 Å². The predicted molar refractivity (Wildman–Crippen MR) is 257 cm³/mol. The summed E-state index contributed by atoms with van der Waals surface area (Å²) in [6.45, 7) is 8.35. The first-order valence-electron chi connectivity index (χ1n) is 26.6. The number of ketones is 1. The number of hydrogen-bond acceptors (Lipinski definition) is 13. The third kappa shape index (κ3) is 7.80. The van der Waals surface area contributed by atoms with Crippen molar-refractivity contribution in [3.63, 3.8) is 0 Å². The summed E-state index contributed by atoms with van der Waals surface area (Å²) >= 11 is 0. The quantitative estimate of drug-likeness (QED) is 0.116. The molecule has 6 fully saturated rings. The van der Waals surface area contributed by atoms with Crippen LogP contribution in [0.15, 0.2) is 46.8 Å². The summed E-state index contributed by atoms with van der Waals surface area (Å²) < 4.78 is 7.15. The van der Waals surface area contributed by atoms with Crippen molar-refractivity contribution in [1.29, 1.82) is 0 Å². The van der Waals surface area contributed by atoms with E-state index in [1.54, 1.807) is 6.92 Å². The van der Waals surface area contributed by atoms with Crippen LogP contribution in [0.25, 0.3) is 0 Å². The fraction of sp³-hybridized carbons (Fsp3) is 0.833. The zero-order valence-electron chi connectivity index (χ0n) is 41.2. The molecule has 0 bridgehead atoms. The third-order valence-corrected chi connectivity index (χ3v) is 20.2. The van der Waals surface area contributed by atoms with Crippen molar-refractivity contribution in [3.05, 3.63) is 46.8 Å². The van der Waals surface area contributed by atoms with E-state index in [2.05, 4.69) is 48.0 Å². The monoisotopic (exact) mass is 935 g/mol. The largest absolute Gasteiger partial charge is 0.396 e. The zero-order valence-corrected chi connectivity index (χ0v) is 41.2. The molecule has 0 aromatic rings. The van der Waals surface area contributed by atoms with Gasteiger partial charge in [0.1, 0.15) is 5.60 Å². The molecule has 0 aromatic heterocycles. The van der Waals surface area contributed by atoms with Crippen LogP contribution in [0.3, 0.4) is 0 Å². The topological polar surface area (TPSA) is 230 Å². The number of dihydropyridines is 1. The van der Waals surface area contributed by atoms with Gasteiger partial charge in [0.15, 0.2) is 5.78 Å². The molecule has 2 aliphatic heterocycles. The second-order valence-electron chi connectivity index (χ2n) is 24.0. The van der Waals surface area contributed by atoms with Crippen molar-refractivity contribution in [2.24, 2.45) is 63.4 Å². The lowest BCUT2D eigenvalue weighted by Crippen LogP contribution is -2.72. The number of aliphatic hydroxyl groups is 7. The number of rotatable bonds is 13. The summed E-state index contributed by atoms with van der Waals surface area (Å²) in [6.07, 6.45) is 17.2. The molecule has 67 heavy (non-hydrogen) atoms. The Morgan fingerprint density at radius 2 is 1.81 bits per heavy atom. The van der Waals surface area contributed by atoms with E-state index in [1.807, 2.05) is 20.0 Å². The highest BCUT2D eigenvalue weighted by molar-refractivity contribution is 6.00. The van der Waals surface area contributed by atoms with Gasteiger partial charge in [-0.25, -0.2) is 0 Å². The number of carbonyl (C=O) groups excluding carboxylic acids is 1. The molecule has 19 atom stereocenters. The van der Waals surface area contributed by atoms with Gasteiger partial charge in [0.05, 0.1) is 53.6 Å². The Morgan fingerprint density at radius 1 is 1.03 bits per heavy atom. The molecule has 12 N–H and O–H groups in total. The number of nitrogens with one attached hydrogen (secondary N) is 3. The average Bonchev–Trinajstić information content (AvgIpc) is 3.53. The van der Waals surface area contributed by atoms with Gasteiger partial charge in [0, 0.05) is 54.0 Å². The van der Waals surface area contributed by atoms with Crippen LogP contribution in [-0.2, 0) is 9.53 Å². The van der Waals surface area contributed by atoms with E-state index in [0.717, 1.165) is 49.8 Å². The molecule has 1 saturated heterocycles. The number of ether oxygens (including phenoxy) is 1. The van der Waals surface area contributed by atoms with Crippen molar-refractivity contribution >= 4 is 5.78 Å². The number of allylic oxidation sites excluding steroid dienone is 5. The van der Waals surface area contributed by atoms with E-state index in [0.29, 0.717) is 62.5 Å². The fourth-order valence-electron chi connectivity index (χ4n) is 17.5. The van der Waals surface area contributed by atoms with Gasteiger partial charge < -0.3 is 62.2 Å². The van der Waals surface area contributed by atoms with Gasteiger partial charge in [-0.15, -0.1) is 0 Å². The van der Waals surface area contributed by atoms with Gasteiger partial charge in [0.25, 0.3) is 0 Å². The standard InChI is InChI=1S/C54H86N4O9/c1-6-10-32-13-15-35-36-11-7-8-21-54(66,48(36)67-41(35)17-14-32)50(4,64)42-20-23-53(65)44-45(57-28-31(2)60)46(63)37-25-39(61)40(62)27-52(37)26-33(34-16-18-43(55)58-38(34)12-9-24-59)19-22-51(30-56-5,47(44)52)29-49(42,53)3/h16,18-19,22,31-33,35-37,39-43,47-48,56-62,64-66H,6-15,17,20-21,23-30,55H2,1-5H3/t31-,32-,33+,35-,36-,37-,39+,40-,41+,42-,43?,47+,48+,49+,50+,51-,52-,53+,54+/m0/s1. The Labute approximate surface area is 399 Å². The molecule has 9 rings (SSSR count). The Kier molecular flexibility index (Phi) is 13.7. The lowest BCUT2D eigenvalue weighted by atomic mass is 9.37. The molecule has 7 aliphatic carbocycles. The van der Waals surface area contributed by atoms with Crippen LogP contribution >= 0.6 is 0 Å². The Balaban J connectivity index is 1.21. The average molecular weight is 935 g/mol. The first-order chi connectivity index (χ1) is 31.8. The maximum Gasteiger partial charge on any atom is 0.182 e. The van der Waals surface area contributed by atoms with Crippen molar-refractivity contribution in [1.82, 2.24) is 16.0 Å². The molecular weight excluding hydrogens is 849 g/mol. The summed E-state index contributed by atoms with van der Waals surface area (Å²) in [6, 6.07) is 0. The van der Waals surface area contributed by atoms with Crippen molar-refractivity contribution in [2.45, 2.75) is 197 Å². The summed E-state index contributed by atoms with van der Waals surface area (Å²) in [5.41, 5.74) is 1.41. The summed E-state index contributed by atoms with van der Waals surface area (Å²) in [5.74, 6) is -1.18. The molecule has 0 amide bonds. The second-order valence-corrected chi connectivity index (χ2v) is 24.0. The van der Waals surface area contributed by atoms with Crippen molar-refractivity contribution < 1.29 is 45.3 Å². The Bertz CT molecular complexity index is 1990. The molecule has 0 radical (unpaired) electrons. The van der Waals surface area contributed by atoms with Gasteiger partial charge in [-0.1, -0.05) is 64.2 Å². The highest BCUT2D eigenvalue weighted by Crippen LogP contribution is 2.76. The van der Waals surface area contributed by atoms with Gasteiger partial charge in [0.2, 0.25) is 0 Å². The minimum absolute atomic E-state index is 0.0116. The molecule has 9 aliphatic rings. The van der Waals surface area contributed by atoms with Gasteiger partial charge >= 0.3 is 0 Å². The first-order valence-corrected chi connectivity index (χ1v) is 26.6. The van der Waals surface area contributed by atoms with Crippen LogP contribution in [-0.4, -0.2) is 122 Å². The maximum absolute atomic E-state index is 15.7. The second kappa shape index (κ2) is 18.5. The molecular formula is C54H86N4O9. The van der Waals surface area contributed by atoms with Crippen molar-refractivity contribution in [3.8, 4) is 0 Å². The Hall–Kier alpha value is -2.17. The van der Waals surface area contributed by atoms with Crippen LogP contribution in [0.1, 0.15) is 143 Å². The molecule has 1 spiro atoms. The zero-order chi connectivity index (χ0) is 47.9. The van der Waals surface area contributed by atoms with Gasteiger partial charge in [-0.05, 0) is 151 Å². The van der Waals surface area contributed by atoms with E-state index in [9.17, 15) is 35.7 Å².